The smallest absolute Gasteiger partial charge is 0.0957 e. The average Bonchev–Trinajstić information content (AvgIpc) is 1.65. The number of hydrogen-bond acceptors (Lipinski definition) is 1. The van der Waals surface area contributed by atoms with Crippen molar-refractivity contribution >= 4 is 7.14 Å². The molecule has 1 aliphatic heterocycles. The van der Waals surface area contributed by atoms with E-state index in [0.29, 0.717) is 0 Å². The number of rotatable bonds is 0. The number of quaternary nitrogens is 1. The van der Waals surface area contributed by atoms with Crippen LogP contribution in [0.25, 0.3) is 0 Å². The maximum absolute atomic E-state index is 11.2. The predicted octanol–water partition coefficient (Wildman–Crippen LogP) is -0.444. The van der Waals surface area contributed by atoms with E-state index in [0.717, 1.165) is 25.4 Å². The van der Waals surface area contributed by atoms with Crippen LogP contribution in [0.5, 0.6) is 0 Å². The molecule has 0 saturated carbocycles. The lowest BCUT2D eigenvalue weighted by molar-refractivity contribution is -0.649. The normalized spacial score (nSPS) is 27.6. The standard InChI is InChI=1S/C5H12NOP/c1-8(7)4-2-6-3-5-8/h6H,2-5H2,1H3/p+1. The first-order chi connectivity index (χ1) is 3.71. The first-order valence-electron chi connectivity index (χ1n) is 3.08. The van der Waals surface area contributed by atoms with Gasteiger partial charge in [-0.3, -0.25) is 0 Å². The van der Waals surface area contributed by atoms with E-state index in [-0.39, 0.29) is 0 Å². The summed E-state index contributed by atoms with van der Waals surface area (Å²) in [6.45, 7) is 4.07. The predicted molar refractivity (Wildman–Crippen MR) is 34.9 cm³/mol. The molecule has 1 aliphatic rings. The summed E-state index contributed by atoms with van der Waals surface area (Å²) in [5.41, 5.74) is 0. The Bertz CT molecular complexity index is 114. The summed E-state index contributed by atoms with van der Waals surface area (Å²) < 4.78 is 11.2. The summed E-state index contributed by atoms with van der Waals surface area (Å²) in [4.78, 5) is 0. The van der Waals surface area contributed by atoms with Crippen LogP contribution in [0.3, 0.4) is 0 Å². The van der Waals surface area contributed by atoms with Crippen molar-refractivity contribution in [2.24, 2.45) is 0 Å². The third kappa shape index (κ3) is 1.61. The second kappa shape index (κ2) is 2.20. The molecule has 0 aromatic carbocycles. The van der Waals surface area contributed by atoms with Crippen LogP contribution < -0.4 is 5.32 Å². The van der Waals surface area contributed by atoms with E-state index in [1.165, 1.54) is 0 Å². The van der Waals surface area contributed by atoms with Crippen LogP contribution in [-0.2, 0) is 4.57 Å². The van der Waals surface area contributed by atoms with Crippen LogP contribution in [0.4, 0.5) is 0 Å². The molecule has 0 aromatic heterocycles. The van der Waals surface area contributed by atoms with Gasteiger partial charge in [0.2, 0.25) is 0 Å². The lowest BCUT2D eigenvalue weighted by atomic mass is 10.6. The summed E-state index contributed by atoms with van der Waals surface area (Å²) in [5.74, 6) is 0. The topological polar surface area (TPSA) is 33.7 Å². The van der Waals surface area contributed by atoms with Crippen molar-refractivity contribution in [1.29, 1.82) is 0 Å². The van der Waals surface area contributed by atoms with Crippen molar-refractivity contribution in [2.45, 2.75) is 0 Å². The van der Waals surface area contributed by atoms with Gasteiger partial charge in [-0.2, -0.15) is 0 Å². The van der Waals surface area contributed by atoms with Gasteiger partial charge in [0.15, 0.2) is 0 Å². The summed E-state index contributed by atoms with van der Waals surface area (Å²) in [6.07, 6.45) is 1.90. The molecular weight excluding hydrogens is 121 g/mol. The fourth-order valence-electron chi connectivity index (χ4n) is 0.985. The van der Waals surface area contributed by atoms with Crippen LogP contribution in [0.15, 0.2) is 0 Å². The molecule has 2 nitrogen and oxygen atoms in total. The minimum atomic E-state index is -1.62. The Morgan fingerprint density at radius 1 is 1.38 bits per heavy atom. The quantitative estimate of drug-likeness (QED) is 0.447. The zero-order valence-corrected chi connectivity index (χ0v) is 6.16. The van der Waals surface area contributed by atoms with Crippen molar-refractivity contribution in [1.82, 2.24) is 0 Å². The van der Waals surface area contributed by atoms with E-state index in [1.807, 2.05) is 6.66 Å². The Kier molecular flexibility index (Phi) is 1.74. The average molecular weight is 134 g/mol. The Labute approximate surface area is 50.0 Å². The highest BCUT2D eigenvalue weighted by atomic mass is 31.2. The SMILES string of the molecule is CP1(=O)CC[NH2+]CC1. The van der Waals surface area contributed by atoms with Crippen LogP contribution >= 0.6 is 7.14 Å². The molecule has 1 heterocycles. The Hall–Kier alpha value is 0.190. The Balaban J connectivity index is 2.45. The number of hydrogen-bond donors (Lipinski definition) is 1. The molecule has 0 radical (unpaired) electrons. The summed E-state index contributed by atoms with van der Waals surface area (Å²) in [6, 6.07) is 0. The van der Waals surface area contributed by atoms with Crippen molar-refractivity contribution < 1.29 is 9.88 Å². The molecule has 0 unspecified atom stereocenters. The molecular formula is C5H13NOP+. The van der Waals surface area contributed by atoms with Gasteiger partial charge in [-0.25, -0.2) is 0 Å². The molecule has 1 rings (SSSR count). The summed E-state index contributed by atoms with van der Waals surface area (Å²) in [5, 5.41) is 2.24. The van der Waals surface area contributed by atoms with Gasteiger partial charge in [0.1, 0.15) is 0 Å². The van der Waals surface area contributed by atoms with Gasteiger partial charge in [-0.05, 0) is 6.66 Å². The Morgan fingerprint density at radius 3 is 2.12 bits per heavy atom. The lowest BCUT2D eigenvalue weighted by Crippen LogP contribution is -2.87. The van der Waals surface area contributed by atoms with Gasteiger partial charge < -0.3 is 9.88 Å². The highest BCUT2D eigenvalue weighted by Gasteiger charge is 2.20. The van der Waals surface area contributed by atoms with Gasteiger partial charge in [-0.1, -0.05) is 0 Å². The van der Waals surface area contributed by atoms with Gasteiger partial charge in [-0.15, -0.1) is 0 Å². The van der Waals surface area contributed by atoms with Crippen molar-refractivity contribution in [3.05, 3.63) is 0 Å². The van der Waals surface area contributed by atoms with E-state index in [2.05, 4.69) is 5.32 Å². The zero-order chi connectivity index (χ0) is 6.04. The lowest BCUT2D eigenvalue weighted by Gasteiger charge is -2.15. The maximum atomic E-state index is 11.2. The van der Waals surface area contributed by atoms with E-state index >= 15 is 0 Å². The van der Waals surface area contributed by atoms with Crippen LogP contribution in [0.1, 0.15) is 0 Å². The first kappa shape index (κ1) is 6.31. The summed E-state index contributed by atoms with van der Waals surface area (Å²) >= 11 is 0. The van der Waals surface area contributed by atoms with Gasteiger partial charge in [0.05, 0.1) is 32.6 Å². The van der Waals surface area contributed by atoms with E-state index < -0.39 is 7.14 Å². The molecule has 8 heavy (non-hydrogen) atoms. The van der Waals surface area contributed by atoms with Crippen molar-refractivity contribution in [3.8, 4) is 0 Å². The van der Waals surface area contributed by atoms with Crippen LogP contribution in [0.2, 0.25) is 0 Å². The van der Waals surface area contributed by atoms with E-state index in [9.17, 15) is 4.57 Å². The molecule has 3 heteroatoms. The number of nitrogens with two attached hydrogens (primary N) is 1. The molecule has 0 atom stereocenters. The molecule has 48 valence electrons. The first-order valence-corrected chi connectivity index (χ1v) is 5.60. The molecule has 1 saturated heterocycles. The largest absolute Gasteiger partial charge is 0.345 e. The monoisotopic (exact) mass is 134 g/mol. The highest BCUT2D eigenvalue weighted by molar-refractivity contribution is 7.63. The molecule has 0 bridgehead atoms. The van der Waals surface area contributed by atoms with Gasteiger partial charge >= 0.3 is 0 Å². The molecule has 0 aromatic rings. The zero-order valence-electron chi connectivity index (χ0n) is 5.26. The minimum absolute atomic E-state index is 0.951. The van der Waals surface area contributed by atoms with Crippen molar-refractivity contribution in [3.63, 3.8) is 0 Å². The molecule has 2 N–H and O–H groups in total. The summed E-state index contributed by atoms with van der Waals surface area (Å²) in [7, 11) is -1.62. The van der Waals surface area contributed by atoms with E-state index in [4.69, 9.17) is 0 Å². The van der Waals surface area contributed by atoms with Crippen molar-refractivity contribution in [2.75, 3.05) is 32.1 Å². The Morgan fingerprint density at radius 2 is 1.88 bits per heavy atom. The van der Waals surface area contributed by atoms with E-state index in [1.54, 1.807) is 0 Å². The molecule has 1 fully saturated rings. The second-order valence-corrected chi connectivity index (χ2v) is 6.10. The molecule has 0 amide bonds. The second-order valence-electron chi connectivity index (χ2n) is 2.61. The highest BCUT2D eigenvalue weighted by Crippen LogP contribution is 2.39. The van der Waals surface area contributed by atoms with Gasteiger partial charge in [0.25, 0.3) is 0 Å². The van der Waals surface area contributed by atoms with Crippen LogP contribution in [0, 0.1) is 0 Å². The van der Waals surface area contributed by atoms with Crippen LogP contribution in [-0.4, -0.2) is 32.1 Å². The fourth-order valence-corrected chi connectivity index (χ4v) is 2.67. The maximum Gasteiger partial charge on any atom is 0.0957 e. The van der Waals surface area contributed by atoms with Gasteiger partial charge in [0, 0.05) is 0 Å². The minimum Gasteiger partial charge on any atom is -0.345 e. The fraction of sp³-hybridized carbons (Fsp3) is 1.00. The molecule has 0 aliphatic carbocycles. The molecule has 0 spiro atoms. The third-order valence-electron chi connectivity index (χ3n) is 1.61. The third-order valence-corrected chi connectivity index (χ3v) is 4.02.